The topological polar surface area (TPSA) is 68.6 Å². The molecule has 14 heavy (non-hydrogen) atoms. The van der Waals surface area contributed by atoms with Crippen LogP contribution in [0.2, 0.25) is 0 Å². The van der Waals surface area contributed by atoms with Gasteiger partial charge in [0, 0.05) is 12.4 Å². The third-order valence-electron chi connectivity index (χ3n) is 1.62. The van der Waals surface area contributed by atoms with Crippen molar-refractivity contribution in [3.63, 3.8) is 0 Å². The zero-order valence-electron chi connectivity index (χ0n) is 7.08. The lowest BCUT2D eigenvalue weighted by atomic mass is 10.4. The Hall–Kier alpha value is -1.56. The van der Waals surface area contributed by atoms with Crippen LogP contribution in [0.4, 0.5) is 0 Å². The number of fused-ring (bicyclic) bond motifs is 1. The molecule has 0 saturated carbocycles. The first-order valence-corrected chi connectivity index (χ1v) is 4.52. The van der Waals surface area contributed by atoms with Crippen molar-refractivity contribution in [1.29, 1.82) is 0 Å². The van der Waals surface area contributed by atoms with Gasteiger partial charge in [-0.1, -0.05) is 0 Å². The number of aromatic nitrogens is 4. The molecule has 0 atom stereocenters. The Morgan fingerprint density at radius 2 is 2.07 bits per heavy atom. The van der Waals surface area contributed by atoms with E-state index in [-0.39, 0.29) is 17.4 Å². The molecular weight excluding hydrogens is 200 g/mol. The fourth-order valence-corrected chi connectivity index (χ4v) is 1.12. The normalized spacial score (nSPS) is 10.4. The lowest BCUT2D eigenvalue weighted by molar-refractivity contribution is 0.101. The minimum absolute atomic E-state index is 0.0891. The Kier molecular flexibility index (Phi) is 2.36. The number of nitrogens with zero attached hydrogens (tertiary/aromatic N) is 4. The Morgan fingerprint density at radius 1 is 1.29 bits per heavy atom. The lowest BCUT2D eigenvalue weighted by Gasteiger charge is -1.97. The first-order chi connectivity index (χ1) is 6.81. The molecule has 0 saturated heterocycles. The third kappa shape index (κ3) is 1.56. The van der Waals surface area contributed by atoms with Crippen molar-refractivity contribution in [3.8, 4) is 0 Å². The number of carbonyl (C=O) groups is 1. The summed E-state index contributed by atoms with van der Waals surface area (Å²) in [5.74, 6) is 0.0000623. The second-order valence-corrected chi connectivity index (χ2v) is 2.86. The van der Waals surface area contributed by atoms with Crippen molar-refractivity contribution in [1.82, 2.24) is 19.9 Å². The van der Waals surface area contributed by atoms with Crippen molar-refractivity contribution in [2.24, 2.45) is 0 Å². The highest BCUT2D eigenvalue weighted by Crippen LogP contribution is 2.03. The fraction of sp³-hybridized carbons (Fsp3) is 0.125. The Balaban J connectivity index is 2.56. The van der Waals surface area contributed by atoms with Gasteiger partial charge in [0.1, 0.15) is 5.52 Å². The van der Waals surface area contributed by atoms with Gasteiger partial charge in [0.25, 0.3) is 0 Å². The van der Waals surface area contributed by atoms with Gasteiger partial charge >= 0.3 is 0 Å². The van der Waals surface area contributed by atoms with E-state index in [9.17, 15) is 4.79 Å². The molecule has 0 bridgehead atoms. The van der Waals surface area contributed by atoms with Crippen molar-refractivity contribution in [3.05, 3.63) is 24.4 Å². The molecule has 2 heterocycles. The SMILES string of the molecule is O=C(CS)c1ncc2nccnc2n1. The molecule has 0 radical (unpaired) electrons. The number of Topliss-reactive ketones (excluding diaryl/α,β-unsaturated/α-hetero) is 1. The van der Waals surface area contributed by atoms with E-state index in [2.05, 4.69) is 32.6 Å². The van der Waals surface area contributed by atoms with Gasteiger partial charge in [-0.25, -0.2) is 19.9 Å². The molecule has 0 aliphatic heterocycles. The minimum atomic E-state index is -0.221. The predicted octanol–water partition coefficient (Wildman–Crippen LogP) is 0.532. The molecule has 0 spiro atoms. The van der Waals surface area contributed by atoms with E-state index < -0.39 is 0 Å². The van der Waals surface area contributed by atoms with Crippen LogP contribution in [0, 0.1) is 0 Å². The molecule has 0 amide bonds. The van der Waals surface area contributed by atoms with Gasteiger partial charge in [-0.15, -0.1) is 0 Å². The van der Waals surface area contributed by atoms with E-state index in [0.717, 1.165) is 0 Å². The molecule has 0 aromatic carbocycles. The smallest absolute Gasteiger partial charge is 0.209 e. The monoisotopic (exact) mass is 206 g/mol. The molecule has 0 unspecified atom stereocenters. The number of hydrogen-bond acceptors (Lipinski definition) is 6. The summed E-state index contributed by atoms with van der Waals surface area (Å²) in [7, 11) is 0. The van der Waals surface area contributed by atoms with Crippen molar-refractivity contribution in [2.75, 3.05) is 5.75 Å². The van der Waals surface area contributed by atoms with Crippen LogP contribution in [0.5, 0.6) is 0 Å². The standard InChI is InChI=1S/C8H6N4OS/c13-6(4-14)8-11-3-5-7(12-8)10-2-1-9-5/h1-3,14H,4H2. The van der Waals surface area contributed by atoms with E-state index in [4.69, 9.17) is 0 Å². The Morgan fingerprint density at radius 3 is 2.86 bits per heavy atom. The van der Waals surface area contributed by atoms with Crippen LogP contribution >= 0.6 is 12.6 Å². The average molecular weight is 206 g/mol. The first-order valence-electron chi connectivity index (χ1n) is 3.89. The molecule has 0 N–H and O–H groups in total. The number of hydrogen-bond donors (Lipinski definition) is 1. The summed E-state index contributed by atoms with van der Waals surface area (Å²) < 4.78 is 0. The number of ketones is 1. The summed E-state index contributed by atoms with van der Waals surface area (Å²) in [6, 6.07) is 0. The Labute approximate surface area is 85.0 Å². The summed E-state index contributed by atoms with van der Waals surface area (Å²) in [6.45, 7) is 0. The highest BCUT2D eigenvalue weighted by molar-refractivity contribution is 7.81. The molecule has 6 heteroatoms. The van der Waals surface area contributed by atoms with Crippen LogP contribution in [-0.2, 0) is 0 Å². The summed E-state index contributed by atoms with van der Waals surface area (Å²) >= 11 is 3.86. The van der Waals surface area contributed by atoms with Crippen molar-refractivity contribution < 1.29 is 4.79 Å². The summed E-state index contributed by atoms with van der Waals surface area (Å²) in [5, 5.41) is 0. The fourth-order valence-electron chi connectivity index (χ4n) is 0.975. The van der Waals surface area contributed by atoms with Gasteiger partial charge in [-0.2, -0.15) is 12.6 Å². The van der Waals surface area contributed by atoms with E-state index >= 15 is 0 Å². The van der Waals surface area contributed by atoms with Crippen LogP contribution in [0.1, 0.15) is 10.6 Å². The summed E-state index contributed by atoms with van der Waals surface area (Å²) in [4.78, 5) is 27.0. The number of carbonyl (C=O) groups excluding carboxylic acids is 1. The number of rotatable bonds is 2. The van der Waals surface area contributed by atoms with Crippen LogP contribution in [0.15, 0.2) is 18.6 Å². The van der Waals surface area contributed by atoms with E-state index in [1.54, 1.807) is 6.20 Å². The van der Waals surface area contributed by atoms with Gasteiger partial charge in [0.2, 0.25) is 5.78 Å². The minimum Gasteiger partial charge on any atom is -0.290 e. The quantitative estimate of drug-likeness (QED) is 0.573. The molecule has 0 fully saturated rings. The largest absolute Gasteiger partial charge is 0.290 e. The Bertz CT molecular complexity index is 487. The number of thiol groups is 1. The maximum atomic E-state index is 11.2. The van der Waals surface area contributed by atoms with Gasteiger partial charge in [-0.3, -0.25) is 4.79 Å². The van der Waals surface area contributed by atoms with Crippen LogP contribution in [0.25, 0.3) is 11.2 Å². The van der Waals surface area contributed by atoms with Gasteiger partial charge in [-0.05, 0) is 0 Å². The molecule has 2 rings (SSSR count). The summed E-state index contributed by atoms with van der Waals surface area (Å²) in [5.41, 5.74) is 0.996. The second-order valence-electron chi connectivity index (χ2n) is 2.54. The molecular formula is C8H6N4OS. The molecule has 0 aliphatic rings. The van der Waals surface area contributed by atoms with E-state index in [1.165, 1.54) is 12.4 Å². The summed E-state index contributed by atoms with van der Waals surface area (Å²) in [6.07, 6.45) is 4.54. The van der Waals surface area contributed by atoms with Crippen molar-refractivity contribution in [2.45, 2.75) is 0 Å². The first kappa shape index (κ1) is 9.01. The molecule has 2 aromatic rings. The van der Waals surface area contributed by atoms with Crippen LogP contribution in [-0.4, -0.2) is 31.5 Å². The highest BCUT2D eigenvalue weighted by Gasteiger charge is 2.08. The maximum absolute atomic E-state index is 11.2. The lowest BCUT2D eigenvalue weighted by Crippen LogP contribution is -2.07. The predicted molar refractivity (Wildman–Crippen MR) is 53.3 cm³/mol. The maximum Gasteiger partial charge on any atom is 0.209 e. The van der Waals surface area contributed by atoms with E-state index in [1.807, 2.05) is 0 Å². The molecule has 0 aliphatic carbocycles. The zero-order chi connectivity index (χ0) is 9.97. The molecule has 5 nitrogen and oxygen atoms in total. The van der Waals surface area contributed by atoms with Crippen molar-refractivity contribution >= 4 is 29.6 Å². The van der Waals surface area contributed by atoms with Gasteiger partial charge in [0.15, 0.2) is 11.5 Å². The average Bonchev–Trinajstić information content (AvgIpc) is 2.27. The zero-order valence-corrected chi connectivity index (χ0v) is 7.98. The van der Waals surface area contributed by atoms with Crippen LogP contribution < -0.4 is 0 Å². The van der Waals surface area contributed by atoms with Gasteiger partial charge in [0.05, 0.1) is 11.9 Å². The highest BCUT2D eigenvalue weighted by atomic mass is 32.1. The van der Waals surface area contributed by atoms with Crippen LogP contribution in [0.3, 0.4) is 0 Å². The third-order valence-corrected chi connectivity index (χ3v) is 1.91. The molecule has 70 valence electrons. The van der Waals surface area contributed by atoms with Gasteiger partial charge < -0.3 is 0 Å². The second kappa shape index (κ2) is 3.67. The molecule has 2 aromatic heterocycles. The van der Waals surface area contributed by atoms with E-state index in [0.29, 0.717) is 11.2 Å².